The van der Waals surface area contributed by atoms with Crippen LogP contribution in [0.3, 0.4) is 0 Å². The van der Waals surface area contributed by atoms with Crippen molar-refractivity contribution in [3.05, 3.63) is 30.3 Å². The first-order valence-electron chi connectivity index (χ1n) is 7.79. The summed E-state index contributed by atoms with van der Waals surface area (Å²) in [4.78, 5) is 2.34. The number of para-hydroxylation sites is 1. The molecule has 0 spiro atoms. The van der Waals surface area contributed by atoms with Gasteiger partial charge in [0.2, 0.25) is 0 Å². The van der Waals surface area contributed by atoms with Crippen LogP contribution < -0.4 is 5.32 Å². The minimum Gasteiger partial charge on any atom is -0.385 e. The SMILES string of the molecule is c1ccc(NCCC[Si]23OCCN(CCO2)CCO3)cc1. The number of benzene rings is 1. The Kier molecular flexibility index (Phi) is 5.26. The van der Waals surface area contributed by atoms with E-state index in [1.54, 1.807) is 0 Å². The summed E-state index contributed by atoms with van der Waals surface area (Å²) in [5.41, 5.74) is 1.16. The van der Waals surface area contributed by atoms with Crippen molar-refractivity contribution in [3.8, 4) is 0 Å². The second-order valence-electron chi connectivity index (χ2n) is 5.47. The molecule has 0 saturated carbocycles. The number of rotatable bonds is 5. The second-order valence-corrected chi connectivity index (χ2v) is 8.20. The first kappa shape index (κ1) is 15.0. The molecule has 3 fully saturated rings. The molecule has 1 aromatic rings. The third-order valence-corrected chi connectivity index (χ3v) is 6.85. The number of nitrogens with one attached hydrogen (secondary N) is 1. The smallest absolute Gasteiger partial charge is 0.385 e. The van der Waals surface area contributed by atoms with Gasteiger partial charge in [0.15, 0.2) is 0 Å². The highest BCUT2D eigenvalue weighted by atomic mass is 28.4. The maximum Gasteiger partial charge on any atom is 0.501 e. The minimum atomic E-state index is -2.43. The fourth-order valence-electron chi connectivity index (χ4n) is 2.76. The molecular formula is C15H24N2O3Si. The molecule has 1 aromatic carbocycles. The van der Waals surface area contributed by atoms with Crippen LogP contribution in [-0.4, -0.2) is 59.7 Å². The summed E-state index contributed by atoms with van der Waals surface area (Å²) in [7, 11) is -2.43. The molecule has 0 amide bonds. The van der Waals surface area contributed by atoms with Crippen molar-refractivity contribution < 1.29 is 13.3 Å². The summed E-state index contributed by atoms with van der Waals surface area (Å²) in [5, 5.41) is 3.43. The average Bonchev–Trinajstić information content (AvgIpc) is 2.45. The van der Waals surface area contributed by atoms with Crippen molar-refractivity contribution in [2.24, 2.45) is 0 Å². The average molecular weight is 308 g/mol. The van der Waals surface area contributed by atoms with Gasteiger partial charge in [-0.3, -0.25) is 4.90 Å². The van der Waals surface area contributed by atoms with Crippen molar-refractivity contribution in [1.29, 1.82) is 0 Å². The summed E-state index contributed by atoms with van der Waals surface area (Å²) in [6, 6.07) is 11.2. The quantitative estimate of drug-likeness (QED) is 0.664. The Hall–Kier alpha value is -0.923. The van der Waals surface area contributed by atoms with Crippen LogP contribution in [-0.2, 0) is 13.3 Å². The summed E-state index contributed by atoms with van der Waals surface area (Å²) in [6.45, 7) is 6.13. The van der Waals surface area contributed by atoms with Gasteiger partial charge in [-0.15, -0.1) is 0 Å². The zero-order valence-corrected chi connectivity index (χ0v) is 13.4. The van der Waals surface area contributed by atoms with Gasteiger partial charge >= 0.3 is 8.80 Å². The standard InChI is InChI=1S/C15H24N2O3Si/c1-2-5-15(6-3-1)16-7-4-14-21-18-11-8-17(9-12-19-21)10-13-20-21/h1-3,5-6,16H,4,7-14H2. The van der Waals surface area contributed by atoms with Crippen LogP contribution in [0.2, 0.25) is 6.04 Å². The van der Waals surface area contributed by atoms with E-state index < -0.39 is 8.80 Å². The van der Waals surface area contributed by atoms with Gasteiger partial charge in [-0.2, -0.15) is 0 Å². The molecule has 1 N–H and O–H groups in total. The van der Waals surface area contributed by atoms with Crippen LogP contribution in [0.5, 0.6) is 0 Å². The van der Waals surface area contributed by atoms with Crippen molar-refractivity contribution in [2.45, 2.75) is 12.5 Å². The Labute approximate surface area is 127 Å². The first-order valence-corrected chi connectivity index (χ1v) is 9.73. The van der Waals surface area contributed by atoms with E-state index >= 15 is 0 Å². The molecule has 0 radical (unpaired) electrons. The van der Waals surface area contributed by atoms with Crippen LogP contribution in [0.1, 0.15) is 6.42 Å². The van der Waals surface area contributed by atoms with Gasteiger partial charge in [-0.05, 0) is 18.6 Å². The Balaban J connectivity index is 1.48. The summed E-state index contributed by atoms with van der Waals surface area (Å²) >= 11 is 0. The van der Waals surface area contributed by atoms with E-state index in [9.17, 15) is 0 Å². The number of anilines is 1. The van der Waals surface area contributed by atoms with Crippen LogP contribution >= 0.6 is 0 Å². The maximum absolute atomic E-state index is 6.02. The minimum absolute atomic E-state index is 0.734. The predicted octanol–water partition coefficient (Wildman–Crippen LogP) is 1.81. The van der Waals surface area contributed by atoms with Gasteiger partial charge in [0.1, 0.15) is 0 Å². The Morgan fingerprint density at radius 3 is 2.19 bits per heavy atom. The number of hydrogen-bond acceptors (Lipinski definition) is 5. The molecule has 5 nitrogen and oxygen atoms in total. The third-order valence-electron chi connectivity index (χ3n) is 3.95. The molecule has 4 rings (SSSR count). The molecule has 3 aliphatic heterocycles. The third kappa shape index (κ3) is 4.27. The van der Waals surface area contributed by atoms with Crippen LogP contribution in [0.15, 0.2) is 30.3 Å². The lowest BCUT2D eigenvalue weighted by molar-refractivity contribution is -0.00838. The van der Waals surface area contributed by atoms with E-state index in [0.717, 1.165) is 64.2 Å². The van der Waals surface area contributed by atoms with E-state index in [-0.39, 0.29) is 0 Å². The topological polar surface area (TPSA) is 43.0 Å². The highest BCUT2D eigenvalue weighted by molar-refractivity contribution is 6.60. The normalized spacial score (nSPS) is 29.4. The highest BCUT2D eigenvalue weighted by Crippen LogP contribution is 2.22. The molecule has 116 valence electrons. The van der Waals surface area contributed by atoms with E-state index in [1.165, 1.54) is 0 Å². The fourth-order valence-corrected chi connectivity index (χ4v) is 5.26. The molecule has 3 heterocycles. The van der Waals surface area contributed by atoms with Crippen molar-refractivity contribution in [2.75, 3.05) is 51.3 Å². The van der Waals surface area contributed by atoms with Gasteiger partial charge in [0, 0.05) is 37.9 Å². The van der Waals surface area contributed by atoms with E-state index in [4.69, 9.17) is 13.3 Å². The lowest BCUT2D eigenvalue weighted by Gasteiger charge is -2.38. The Morgan fingerprint density at radius 2 is 1.57 bits per heavy atom. The molecule has 6 heteroatoms. The molecule has 2 bridgehead atoms. The van der Waals surface area contributed by atoms with Crippen LogP contribution in [0, 0.1) is 0 Å². The van der Waals surface area contributed by atoms with E-state index in [1.807, 2.05) is 18.2 Å². The fraction of sp³-hybridized carbons (Fsp3) is 0.600. The van der Waals surface area contributed by atoms with Gasteiger partial charge in [0.05, 0.1) is 19.8 Å². The predicted molar refractivity (Wildman–Crippen MR) is 84.4 cm³/mol. The van der Waals surface area contributed by atoms with Crippen LogP contribution in [0.4, 0.5) is 5.69 Å². The zero-order valence-electron chi connectivity index (χ0n) is 12.4. The first-order chi connectivity index (χ1) is 10.4. The number of hydrogen-bond donors (Lipinski definition) is 1. The lowest BCUT2D eigenvalue weighted by Crippen LogP contribution is -2.55. The van der Waals surface area contributed by atoms with Crippen molar-refractivity contribution in [1.82, 2.24) is 4.90 Å². The van der Waals surface area contributed by atoms with Crippen LogP contribution in [0.25, 0.3) is 0 Å². The summed E-state index contributed by atoms with van der Waals surface area (Å²) < 4.78 is 18.1. The zero-order chi connectivity index (χ0) is 14.4. The van der Waals surface area contributed by atoms with Gasteiger partial charge in [-0.25, -0.2) is 0 Å². The molecule has 21 heavy (non-hydrogen) atoms. The highest BCUT2D eigenvalue weighted by Gasteiger charge is 2.43. The Bertz CT molecular complexity index is 406. The molecule has 0 unspecified atom stereocenters. The molecule has 3 aliphatic rings. The lowest BCUT2D eigenvalue weighted by atomic mass is 10.3. The Morgan fingerprint density at radius 1 is 0.952 bits per heavy atom. The molecule has 0 aliphatic carbocycles. The van der Waals surface area contributed by atoms with Crippen molar-refractivity contribution in [3.63, 3.8) is 0 Å². The monoisotopic (exact) mass is 308 g/mol. The van der Waals surface area contributed by atoms with Gasteiger partial charge in [-0.1, -0.05) is 18.2 Å². The summed E-state index contributed by atoms with van der Waals surface area (Å²) in [5.74, 6) is 0. The largest absolute Gasteiger partial charge is 0.501 e. The van der Waals surface area contributed by atoms with E-state index in [2.05, 4.69) is 22.3 Å². The van der Waals surface area contributed by atoms with Gasteiger partial charge in [0.25, 0.3) is 0 Å². The molecule has 0 aromatic heterocycles. The van der Waals surface area contributed by atoms with Crippen molar-refractivity contribution >= 4 is 14.5 Å². The number of nitrogens with zero attached hydrogens (tertiary/aromatic N) is 1. The molecular weight excluding hydrogens is 284 g/mol. The summed E-state index contributed by atoms with van der Waals surface area (Å²) in [6.07, 6.45) is 1.00. The maximum atomic E-state index is 6.02. The van der Waals surface area contributed by atoms with Gasteiger partial charge < -0.3 is 18.6 Å². The molecule has 0 atom stereocenters. The number of fused-ring (bicyclic) bond motifs is 6. The molecule has 3 saturated heterocycles. The van der Waals surface area contributed by atoms with E-state index in [0.29, 0.717) is 0 Å². The second kappa shape index (κ2) is 7.37.